The lowest BCUT2D eigenvalue weighted by Crippen LogP contribution is -2.52. The van der Waals surface area contributed by atoms with Gasteiger partial charge >= 0.3 is 0 Å². The number of carbonyl (C=O) groups excluding carboxylic acids is 2. The highest BCUT2D eigenvalue weighted by atomic mass is 16.5. The van der Waals surface area contributed by atoms with Crippen molar-refractivity contribution in [3.8, 4) is 0 Å². The van der Waals surface area contributed by atoms with E-state index in [1.165, 1.54) is 0 Å². The second-order valence-electron chi connectivity index (χ2n) is 5.14. The fourth-order valence-corrected chi connectivity index (χ4v) is 1.86. The molecule has 2 amide bonds. The van der Waals surface area contributed by atoms with Gasteiger partial charge < -0.3 is 15.0 Å². The van der Waals surface area contributed by atoms with Gasteiger partial charge in [0.1, 0.15) is 5.41 Å². The maximum atomic E-state index is 12.3. The van der Waals surface area contributed by atoms with Crippen molar-refractivity contribution in [1.29, 1.82) is 0 Å². The van der Waals surface area contributed by atoms with Crippen LogP contribution in [0.2, 0.25) is 0 Å². The summed E-state index contributed by atoms with van der Waals surface area (Å²) in [5.74, 6) is -0.299. The highest BCUT2D eigenvalue weighted by molar-refractivity contribution is 6.04. The molecule has 0 aliphatic carbocycles. The van der Waals surface area contributed by atoms with Crippen LogP contribution in [0, 0.1) is 5.41 Å². The molecule has 0 saturated carbocycles. The lowest BCUT2D eigenvalue weighted by Gasteiger charge is -2.33. The molecule has 1 saturated heterocycles. The number of morpholine rings is 1. The minimum atomic E-state index is -0.995. The largest absolute Gasteiger partial charge is 0.378 e. The van der Waals surface area contributed by atoms with Crippen molar-refractivity contribution < 1.29 is 14.3 Å². The van der Waals surface area contributed by atoms with E-state index in [0.717, 1.165) is 12.8 Å². The Balaban J connectivity index is 2.54. The van der Waals surface area contributed by atoms with Crippen molar-refractivity contribution >= 4 is 11.8 Å². The van der Waals surface area contributed by atoms with Gasteiger partial charge in [-0.05, 0) is 20.3 Å². The molecular weight excluding hydrogens is 232 g/mol. The molecule has 1 aliphatic heterocycles. The van der Waals surface area contributed by atoms with Gasteiger partial charge in [0.05, 0.1) is 13.2 Å². The first-order chi connectivity index (χ1) is 8.50. The van der Waals surface area contributed by atoms with Crippen LogP contribution in [0.25, 0.3) is 0 Å². The second kappa shape index (κ2) is 6.73. The lowest BCUT2D eigenvalue weighted by molar-refractivity contribution is -0.151. The number of ether oxygens (including phenoxy) is 1. The molecule has 104 valence electrons. The van der Waals surface area contributed by atoms with Crippen LogP contribution in [0.1, 0.15) is 33.6 Å². The maximum absolute atomic E-state index is 12.3. The van der Waals surface area contributed by atoms with Crippen LogP contribution in [0.15, 0.2) is 0 Å². The number of hydrogen-bond donors (Lipinski definition) is 1. The molecule has 5 heteroatoms. The van der Waals surface area contributed by atoms with Crippen molar-refractivity contribution in [1.82, 2.24) is 10.2 Å². The summed E-state index contributed by atoms with van der Waals surface area (Å²) in [5.41, 5.74) is -0.995. The zero-order valence-electron chi connectivity index (χ0n) is 11.6. The molecule has 1 heterocycles. The smallest absolute Gasteiger partial charge is 0.237 e. The quantitative estimate of drug-likeness (QED) is 0.584. The van der Waals surface area contributed by atoms with Crippen LogP contribution >= 0.6 is 0 Å². The number of nitrogens with one attached hydrogen (secondary N) is 1. The van der Waals surface area contributed by atoms with E-state index in [2.05, 4.69) is 12.2 Å². The molecule has 1 aliphatic rings. The number of hydrogen-bond acceptors (Lipinski definition) is 3. The minimum absolute atomic E-state index is 0.111. The van der Waals surface area contributed by atoms with Crippen molar-refractivity contribution in [3.63, 3.8) is 0 Å². The van der Waals surface area contributed by atoms with Crippen LogP contribution < -0.4 is 5.32 Å². The van der Waals surface area contributed by atoms with Crippen LogP contribution in [0.3, 0.4) is 0 Å². The predicted octanol–water partition coefficient (Wildman–Crippen LogP) is 0.788. The fraction of sp³-hybridized carbons (Fsp3) is 0.846. The summed E-state index contributed by atoms with van der Waals surface area (Å²) in [6.07, 6.45) is 1.96. The summed E-state index contributed by atoms with van der Waals surface area (Å²) < 4.78 is 5.21. The number of amides is 2. The van der Waals surface area contributed by atoms with E-state index in [1.807, 2.05) is 0 Å². The summed E-state index contributed by atoms with van der Waals surface area (Å²) in [7, 11) is 0. The summed E-state index contributed by atoms with van der Waals surface area (Å²) >= 11 is 0. The third kappa shape index (κ3) is 3.70. The van der Waals surface area contributed by atoms with Crippen molar-refractivity contribution in [3.05, 3.63) is 0 Å². The molecule has 1 fully saturated rings. The minimum Gasteiger partial charge on any atom is -0.378 e. The molecule has 0 atom stereocenters. The highest BCUT2D eigenvalue weighted by Crippen LogP contribution is 2.20. The average molecular weight is 256 g/mol. The van der Waals surface area contributed by atoms with Gasteiger partial charge in [-0.3, -0.25) is 9.59 Å². The Morgan fingerprint density at radius 1 is 1.28 bits per heavy atom. The van der Waals surface area contributed by atoms with Crippen LogP contribution in [0.4, 0.5) is 0 Å². The molecule has 0 bridgehead atoms. The summed E-state index contributed by atoms with van der Waals surface area (Å²) in [6, 6.07) is 0. The molecule has 1 rings (SSSR count). The SMILES string of the molecule is CCCCNC(=O)C(C)(C)C(=O)N1CCOCC1. The number of nitrogens with zero attached hydrogens (tertiary/aromatic N) is 1. The van der Waals surface area contributed by atoms with Gasteiger partial charge in [-0.1, -0.05) is 13.3 Å². The first kappa shape index (κ1) is 15.0. The van der Waals surface area contributed by atoms with Crippen LogP contribution in [-0.4, -0.2) is 49.6 Å². The average Bonchev–Trinajstić information content (AvgIpc) is 2.39. The van der Waals surface area contributed by atoms with Gasteiger partial charge in [0.25, 0.3) is 0 Å². The van der Waals surface area contributed by atoms with E-state index in [0.29, 0.717) is 32.8 Å². The van der Waals surface area contributed by atoms with Crippen molar-refractivity contribution in [2.45, 2.75) is 33.6 Å². The normalized spacial score (nSPS) is 16.5. The zero-order chi connectivity index (χ0) is 13.6. The molecule has 5 nitrogen and oxygen atoms in total. The third-order valence-electron chi connectivity index (χ3n) is 3.22. The molecule has 0 unspecified atom stereocenters. The first-order valence-corrected chi connectivity index (χ1v) is 6.65. The van der Waals surface area contributed by atoms with Crippen LogP contribution in [0.5, 0.6) is 0 Å². The van der Waals surface area contributed by atoms with Gasteiger partial charge in [0.15, 0.2) is 0 Å². The molecule has 18 heavy (non-hydrogen) atoms. The summed E-state index contributed by atoms with van der Waals surface area (Å²) in [6.45, 7) is 8.33. The molecule has 0 radical (unpaired) electrons. The Labute approximate surface area is 109 Å². The van der Waals surface area contributed by atoms with E-state index < -0.39 is 5.41 Å². The Hall–Kier alpha value is -1.10. The van der Waals surface area contributed by atoms with E-state index in [4.69, 9.17) is 4.74 Å². The number of rotatable bonds is 5. The van der Waals surface area contributed by atoms with E-state index >= 15 is 0 Å². The van der Waals surface area contributed by atoms with Gasteiger partial charge in [-0.15, -0.1) is 0 Å². The van der Waals surface area contributed by atoms with Gasteiger partial charge in [-0.25, -0.2) is 0 Å². The first-order valence-electron chi connectivity index (χ1n) is 6.65. The Morgan fingerprint density at radius 3 is 2.44 bits per heavy atom. The zero-order valence-corrected chi connectivity index (χ0v) is 11.6. The molecule has 0 aromatic heterocycles. The molecule has 0 aromatic rings. The fourth-order valence-electron chi connectivity index (χ4n) is 1.86. The molecule has 1 N–H and O–H groups in total. The van der Waals surface area contributed by atoms with E-state index in [1.54, 1.807) is 18.7 Å². The van der Waals surface area contributed by atoms with Gasteiger partial charge in [-0.2, -0.15) is 0 Å². The van der Waals surface area contributed by atoms with Gasteiger partial charge in [0, 0.05) is 19.6 Å². The highest BCUT2D eigenvalue weighted by Gasteiger charge is 2.39. The Kier molecular flexibility index (Phi) is 5.59. The van der Waals surface area contributed by atoms with Gasteiger partial charge in [0.2, 0.25) is 11.8 Å². The van der Waals surface area contributed by atoms with Crippen molar-refractivity contribution in [2.24, 2.45) is 5.41 Å². The summed E-state index contributed by atoms with van der Waals surface area (Å²) in [4.78, 5) is 26.0. The van der Waals surface area contributed by atoms with E-state index in [-0.39, 0.29) is 11.8 Å². The predicted molar refractivity (Wildman–Crippen MR) is 69.1 cm³/mol. The topological polar surface area (TPSA) is 58.6 Å². The number of carbonyl (C=O) groups is 2. The molecular formula is C13H24N2O3. The second-order valence-corrected chi connectivity index (χ2v) is 5.14. The lowest BCUT2D eigenvalue weighted by atomic mass is 9.90. The van der Waals surface area contributed by atoms with E-state index in [9.17, 15) is 9.59 Å². The Bertz CT molecular complexity index is 297. The standard InChI is InChI=1S/C13H24N2O3/c1-4-5-6-14-11(16)13(2,3)12(17)15-7-9-18-10-8-15/h4-10H2,1-3H3,(H,14,16). The Morgan fingerprint density at radius 2 is 1.89 bits per heavy atom. The monoisotopic (exact) mass is 256 g/mol. The third-order valence-corrected chi connectivity index (χ3v) is 3.22. The molecule has 0 spiro atoms. The number of unbranched alkanes of at least 4 members (excludes halogenated alkanes) is 1. The van der Waals surface area contributed by atoms with Crippen LogP contribution in [-0.2, 0) is 14.3 Å². The summed E-state index contributed by atoms with van der Waals surface area (Å²) in [5, 5.41) is 2.83. The molecule has 0 aromatic carbocycles. The van der Waals surface area contributed by atoms with Crippen molar-refractivity contribution in [2.75, 3.05) is 32.8 Å². The maximum Gasteiger partial charge on any atom is 0.237 e.